The number of allylic oxidation sites excluding steroid dienone is 1. The first kappa shape index (κ1) is 15.6. The fourth-order valence-electron chi connectivity index (χ4n) is 4.16. The molecule has 0 aromatic carbocycles. The highest BCUT2D eigenvalue weighted by Gasteiger charge is 2.63. The number of aromatic nitrogens is 1. The highest BCUT2D eigenvalue weighted by atomic mass is 16.4. The fourth-order valence-corrected chi connectivity index (χ4v) is 4.16. The molecule has 25 heavy (non-hydrogen) atoms. The standard InChI is InChI=1S/C18H17N3O4/c1-10(22)20-8-6-13-12(5-4-11-3-2-7-19-9-11)15(18(24)25)21-14(13)16(20)17(21)23/h2-5,7,9,13-14,16H,6,8H2,1H3,(H,24,25)/b5-4+/t13?,14-,16+/m1/s1. The second kappa shape index (κ2) is 5.54. The molecule has 0 bridgehead atoms. The van der Waals surface area contributed by atoms with Crippen LogP contribution in [0.5, 0.6) is 0 Å². The normalized spacial score (nSPS) is 27.6. The Labute approximate surface area is 144 Å². The summed E-state index contributed by atoms with van der Waals surface area (Å²) in [6.45, 7) is 1.91. The lowest BCUT2D eigenvalue weighted by Gasteiger charge is -2.53. The monoisotopic (exact) mass is 339 g/mol. The van der Waals surface area contributed by atoms with E-state index in [0.717, 1.165) is 5.56 Å². The number of carboxylic acids is 1. The summed E-state index contributed by atoms with van der Waals surface area (Å²) >= 11 is 0. The second-order valence-electron chi connectivity index (χ2n) is 6.48. The summed E-state index contributed by atoms with van der Waals surface area (Å²) in [5.41, 5.74) is 1.56. The number of carboxylic acid groups (broad SMARTS) is 1. The Balaban J connectivity index is 1.72. The number of hydrogen-bond acceptors (Lipinski definition) is 4. The van der Waals surface area contributed by atoms with Gasteiger partial charge < -0.3 is 10.0 Å². The van der Waals surface area contributed by atoms with Crippen LogP contribution in [0.25, 0.3) is 6.08 Å². The smallest absolute Gasteiger partial charge is 0.352 e. The number of carbonyl (C=O) groups excluding carboxylic acids is 2. The van der Waals surface area contributed by atoms with Crippen LogP contribution in [0.1, 0.15) is 18.9 Å². The van der Waals surface area contributed by atoms with Crippen molar-refractivity contribution >= 4 is 23.9 Å². The molecule has 1 aromatic heterocycles. The van der Waals surface area contributed by atoms with E-state index in [4.69, 9.17) is 0 Å². The zero-order valence-electron chi connectivity index (χ0n) is 13.6. The highest BCUT2D eigenvalue weighted by molar-refractivity contribution is 6.03. The van der Waals surface area contributed by atoms with Gasteiger partial charge in [0.05, 0.1) is 6.04 Å². The van der Waals surface area contributed by atoms with E-state index in [1.54, 1.807) is 29.4 Å². The first-order valence-corrected chi connectivity index (χ1v) is 8.16. The molecule has 0 radical (unpaired) electrons. The number of piperidine rings is 1. The van der Waals surface area contributed by atoms with Crippen molar-refractivity contribution in [3.63, 3.8) is 0 Å². The Bertz CT molecular complexity index is 830. The van der Waals surface area contributed by atoms with Crippen molar-refractivity contribution in [3.05, 3.63) is 47.4 Å². The molecule has 2 saturated heterocycles. The summed E-state index contributed by atoms with van der Waals surface area (Å²) < 4.78 is 0. The third-order valence-electron chi connectivity index (χ3n) is 5.20. The molecule has 1 aromatic rings. The minimum absolute atomic E-state index is 0.0433. The van der Waals surface area contributed by atoms with E-state index in [0.29, 0.717) is 18.5 Å². The van der Waals surface area contributed by atoms with Crippen molar-refractivity contribution in [3.8, 4) is 0 Å². The van der Waals surface area contributed by atoms with Crippen LogP contribution in [0, 0.1) is 5.92 Å². The summed E-state index contributed by atoms with van der Waals surface area (Å²) in [5.74, 6) is -1.61. The first-order valence-electron chi connectivity index (χ1n) is 8.16. The van der Waals surface area contributed by atoms with Gasteiger partial charge in [-0.05, 0) is 23.6 Å². The van der Waals surface area contributed by atoms with Crippen molar-refractivity contribution in [2.75, 3.05) is 6.54 Å². The van der Waals surface area contributed by atoms with E-state index < -0.39 is 12.0 Å². The molecule has 128 valence electrons. The van der Waals surface area contributed by atoms with Gasteiger partial charge in [0, 0.05) is 31.8 Å². The average Bonchev–Trinajstić information content (AvgIpc) is 2.92. The molecule has 2 fully saturated rings. The van der Waals surface area contributed by atoms with Gasteiger partial charge in [-0.3, -0.25) is 19.5 Å². The summed E-state index contributed by atoms with van der Waals surface area (Å²) in [6.07, 6.45) is 7.59. The van der Waals surface area contributed by atoms with Crippen LogP contribution in [0.15, 0.2) is 41.9 Å². The zero-order valence-corrected chi connectivity index (χ0v) is 13.6. The Hall–Kier alpha value is -2.96. The quantitative estimate of drug-likeness (QED) is 0.826. The minimum Gasteiger partial charge on any atom is -0.477 e. The van der Waals surface area contributed by atoms with Crippen molar-refractivity contribution in [1.29, 1.82) is 0 Å². The predicted octanol–water partition coefficient (Wildman–Crippen LogP) is 0.895. The van der Waals surface area contributed by atoms with Crippen molar-refractivity contribution < 1.29 is 19.5 Å². The molecule has 2 amide bonds. The number of rotatable bonds is 3. The average molecular weight is 339 g/mol. The lowest BCUT2D eigenvalue weighted by Crippen LogP contribution is -2.73. The minimum atomic E-state index is -1.11. The maximum atomic E-state index is 12.5. The lowest BCUT2D eigenvalue weighted by atomic mass is 9.78. The van der Waals surface area contributed by atoms with Crippen LogP contribution < -0.4 is 0 Å². The Morgan fingerprint density at radius 3 is 2.80 bits per heavy atom. The number of aliphatic carboxylic acids is 1. The highest BCUT2D eigenvalue weighted by Crippen LogP contribution is 2.49. The number of amides is 2. The van der Waals surface area contributed by atoms with Gasteiger partial charge in [0.25, 0.3) is 5.91 Å². The molecule has 7 nitrogen and oxygen atoms in total. The van der Waals surface area contributed by atoms with Crippen LogP contribution in [-0.4, -0.2) is 56.3 Å². The zero-order chi connectivity index (χ0) is 17.7. The molecule has 4 heterocycles. The maximum Gasteiger partial charge on any atom is 0.352 e. The largest absolute Gasteiger partial charge is 0.477 e. The molecule has 7 heteroatoms. The van der Waals surface area contributed by atoms with E-state index in [1.165, 1.54) is 11.8 Å². The molecule has 3 atom stereocenters. The topological polar surface area (TPSA) is 90.8 Å². The molecule has 1 unspecified atom stereocenters. The van der Waals surface area contributed by atoms with Gasteiger partial charge in [0.2, 0.25) is 5.91 Å². The molecule has 1 N–H and O–H groups in total. The van der Waals surface area contributed by atoms with Gasteiger partial charge in [0.15, 0.2) is 0 Å². The Kier molecular flexibility index (Phi) is 3.45. The van der Waals surface area contributed by atoms with Gasteiger partial charge in [-0.15, -0.1) is 0 Å². The van der Waals surface area contributed by atoms with E-state index >= 15 is 0 Å². The number of likely N-dealkylation sites (tertiary alicyclic amines) is 1. The molecular weight excluding hydrogens is 322 g/mol. The van der Waals surface area contributed by atoms with Gasteiger partial charge in [0.1, 0.15) is 11.7 Å². The third-order valence-corrected chi connectivity index (χ3v) is 5.20. The molecule has 3 aliphatic rings. The molecule has 0 spiro atoms. The lowest BCUT2D eigenvalue weighted by molar-refractivity contribution is -0.168. The van der Waals surface area contributed by atoms with Crippen molar-refractivity contribution in [2.45, 2.75) is 25.4 Å². The van der Waals surface area contributed by atoms with E-state index in [9.17, 15) is 19.5 Å². The van der Waals surface area contributed by atoms with Crippen LogP contribution in [-0.2, 0) is 14.4 Å². The molecular formula is C18H17N3O4. The van der Waals surface area contributed by atoms with Gasteiger partial charge >= 0.3 is 5.97 Å². The van der Waals surface area contributed by atoms with E-state index in [1.807, 2.05) is 12.1 Å². The third kappa shape index (κ3) is 2.19. The number of carbonyl (C=O) groups is 3. The summed E-state index contributed by atoms with van der Waals surface area (Å²) in [7, 11) is 0. The van der Waals surface area contributed by atoms with Crippen LogP contribution >= 0.6 is 0 Å². The number of nitrogens with zero attached hydrogens (tertiary/aromatic N) is 3. The van der Waals surface area contributed by atoms with Gasteiger partial charge in [-0.2, -0.15) is 0 Å². The Morgan fingerprint density at radius 1 is 1.36 bits per heavy atom. The molecule has 3 aliphatic heterocycles. The van der Waals surface area contributed by atoms with Gasteiger partial charge in [-0.1, -0.05) is 18.2 Å². The van der Waals surface area contributed by atoms with E-state index in [-0.39, 0.29) is 29.5 Å². The number of pyridine rings is 1. The number of β-lactam (4-membered cyclic amide) rings is 1. The first-order chi connectivity index (χ1) is 12.0. The summed E-state index contributed by atoms with van der Waals surface area (Å²) in [4.78, 5) is 43.0. The summed E-state index contributed by atoms with van der Waals surface area (Å²) in [6, 6.07) is 2.89. The van der Waals surface area contributed by atoms with E-state index in [2.05, 4.69) is 4.98 Å². The SMILES string of the molecule is CC(=O)N1CCC2C(/C=C/c3cccnc3)=C(C(=O)O)N3C(=O)[C@@H]1[C@@H]23. The Morgan fingerprint density at radius 2 is 2.16 bits per heavy atom. The second-order valence-corrected chi connectivity index (χ2v) is 6.48. The fraction of sp³-hybridized carbons (Fsp3) is 0.333. The number of hydrogen-bond donors (Lipinski definition) is 1. The molecule has 0 saturated carbocycles. The van der Waals surface area contributed by atoms with Crippen LogP contribution in [0.4, 0.5) is 0 Å². The van der Waals surface area contributed by atoms with Crippen LogP contribution in [0.3, 0.4) is 0 Å². The van der Waals surface area contributed by atoms with Crippen LogP contribution in [0.2, 0.25) is 0 Å². The van der Waals surface area contributed by atoms with Crippen molar-refractivity contribution in [1.82, 2.24) is 14.8 Å². The van der Waals surface area contributed by atoms with Crippen molar-refractivity contribution in [2.24, 2.45) is 5.92 Å². The molecule has 4 rings (SSSR count). The maximum absolute atomic E-state index is 12.5. The predicted molar refractivity (Wildman–Crippen MR) is 87.8 cm³/mol. The molecule has 0 aliphatic carbocycles. The van der Waals surface area contributed by atoms with Gasteiger partial charge in [-0.25, -0.2) is 4.79 Å². The summed E-state index contributed by atoms with van der Waals surface area (Å²) in [5, 5.41) is 9.64.